The summed E-state index contributed by atoms with van der Waals surface area (Å²) in [5, 5.41) is 9.63. The van der Waals surface area contributed by atoms with Gasteiger partial charge in [-0.1, -0.05) is 11.6 Å². The van der Waals surface area contributed by atoms with E-state index in [0.717, 1.165) is 12.1 Å². The van der Waals surface area contributed by atoms with E-state index in [9.17, 15) is 19.1 Å². The second kappa shape index (κ2) is 6.16. The molecule has 0 saturated carbocycles. The number of esters is 1. The molecule has 1 aromatic rings. The van der Waals surface area contributed by atoms with Crippen LogP contribution in [0.2, 0.25) is 5.02 Å². The molecule has 0 aliphatic carbocycles. The van der Waals surface area contributed by atoms with Crippen LogP contribution in [0, 0.1) is 5.82 Å². The second-order valence-corrected chi connectivity index (χ2v) is 3.71. The van der Waals surface area contributed by atoms with E-state index in [-0.39, 0.29) is 17.2 Å². The average molecular weight is 273 g/mol. The third kappa shape index (κ3) is 3.85. The minimum Gasteiger partial charge on any atom is -0.507 e. The summed E-state index contributed by atoms with van der Waals surface area (Å²) in [4.78, 5) is 22.3. The Morgan fingerprint density at radius 2 is 2.11 bits per heavy atom. The van der Waals surface area contributed by atoms with Gasteiger partial charge in [0.2, 0.25) is 0 Å². The molecule has 0 aromatic heterocycles. The fraction of sp³-hybridized carbons (Fsp3) is 0.167. The largest absolute Gasteiger partial charge is 0.507 e. The number of halogens is 2. The number of aliphatic hydroxyl groups excluding tert-OH is 1. The predicted molar refractivity (Wildman–Crippen MR) is 63.7 cm³/mol. The molecule has 96 valence electrons. The summed E-state index contributed by atoms with van der Waals surface area (Å²) in [6.45, 7) is 1.59. The molecule has 0 spiro atoms. The van der Waals surface area contributed by atoms with Gasteiger partial charge in [0.25, 0.3) is 5.78 Å². The average Bonchev–Trinajstić information content (AvgIpc) is 2.27. The molecule has 0 amide bonds. The van der Waals surface area contributed by atoms with Crippen molar-refractivity contribution in [3.8, 4) is 0 Å². The fourth-order valence-corrected chi connectivity index (χ4v) is 1.39. The van der Waals surface area contributed by atoms with E-state index in [2.05, 4.69) is 4.74 Å². The molecule has 0 unspecified atom stereocenters. The maximum atomic E-state index is 13.0. The van der Waals surface area contributed by atoms with E-state index in [0.29, 0.717) is 6.08 Å². The quantitative estimate of drug-likeness (QED) is 0.396. The highest BCUT2D eigenvalue weighted by molar-refractivity contribution is 6.39. The fourth-order valence-electron chi connectivity index (χ4n) is 1.17. The number of rotatable bonds is 4. The van der Waals surface area contributed by atoms with Gasteiger partial charge in [0, 0.05) is 16.7 Å². The number of ether oxygens (including phenoxy) is 1. The molecule has 0 saturated heterocycles. The Morgan fingerprint density at radius 3 is 2.67 bits per heavy atom. The molecule has 18 heavy (non-hydrogen) atoms. The van der Waals surface area contributed by atoms with Gasteiger partial charge in [-0.3, -0.25) is 4.79 Å². The van der Waals surface area contributed by atoms with Crippen LogP contribution in [0.3, 0.4) is 0 Å². The molecule has 4 nitrogen and oxygen atoms in total. The van der Waals surface area contributed by atoms with Crippen molar-refractivity contribution in [3.63, 3.8) is 0 Å². The number of carbonyl (C=O) groups is 2. The van der Waals surface area contributed by atoms with Gasteiger partial charge >= 0.3 is 5.97 Å². The Bertz CT molecular complexity index is 491. The maximum absolute atomic E-state index is 13.0. The van der Waals surface area contributed by atoms with Crippen LogP contribution >= 0.6 is 11.6 Å². The first-order valence-corrected chi connectivity index (χ1v) is 5.40. The summed E-state index contributed by atoms with van der Waals surface area (Å²) in [5.74, 6) is -3.35. The highest BCUT2D eigenvalue weighted by Crippen LogP contribution is 2.19. The first-order valence-electron chi connectivity index (χ1n) is 5.02. The molecule has 0 bridgehead atoms. The maximum Gasteiger partial charge on any atom is 0.379 e. The third-order valence-electron chi connectivity index (χ3n) is 1.90. The molecule has 1 aromatic carbocycles. The summed E-state index contributed by atoms with van der Waals surface area (Å²) in [5.41, 5.74) is -0.00218. The summed E-state index contributed by atoms with van der Waals surface area (Å²) in [7, 11) is 0. The molecule has 6 heteroatoms. The van der Waals surface area contributed by atoms with Gasteiger partial charge in [0.05, 0.1) is 6.61 Å². The van der Waals surface area contributed by atoms with Gasteiger partial charge in [-0.05, 0) is 25.1 Å². The Hall–Kier alpha value is -1.88. The standard InChI is InChI=1S/C12H10ClFO4/c1-2-18-12(17)11(16)6-10(15)7-3-8(13)5-9(14)4-7/h3-6,15H,2H2,1H3/b10-6+. The summed E-state index contributed by atoms with van der Waals surface area (Å²) in [6, 6.07) is 3.29. The van der Waals surface area contributed by atoms with Crippen LogP contribution in [-0.4, -0.2) is 23.5 Å². The lowest BCUT2D eigenvalue weighted by Crippen LogP contribution is -2.15. The zero-order valence-corrected chi connectivity index (χ0v) is 10.2. The lowest BCUT2D eigenvalue weighted by molar-refractivity contribution is -0.151. The molecular formula is C12H10ClFO4. The van der Waals surface area contributed by atoms with Crippen molar-refractivity contribution in [1.29, 1.82) is 0 Å². The van der Waals surface area contributed by atoms with E-state index < -0.39 is 23.3 Å². The number of hydrogen-bond acceptors (Lipinski definition) is 4. The van der Waals surface area contributed by atoms with Gasteiger partial charge in [-0.2, -0.15) is 0 Å². The van der Waals surface area contributed by atoms with Crippen molar-refractivity contribution >= 4 is 29.1 Å². The second-order valence-electron chi connectivity index (χ2n) is 3.27. The normalized spacial score (nSPS) is 11.2. The Balaban J connectivity index is 2.95. The molecule has 0 atom stereocenters. The van der Waals surface area contributed by atoms with Gasteiger partial charge in [-0.15, -0.1) is 0 Å². The summed E-state index contributed by atoms with van der Waals surface area (Å²) < 4.78 is 17.4. The van der Waals surface area contributed by atoms with Crippen molar-refractivity contribution in [2.24, 2.45) is 0 Å². The number of carbonyl (C=O) groups excluding carboxylic acids is 2. The van der Waals surface area contributed by atoms with Crippen molar-refractivity contribution < 1.29 is 23.8 Å². The van der Waals surface area contributed by atoms with Crippen LogP contribution in [0.5, 0.6) is 0 Å². The predicted octanol–water partition coefficient (Wildman–Crippen LogP) is 2.51. The van der Waals surface area contributed by atoms with Crippen LogP contribution in [0.1, 0.15) is 12.5 Å². The molecule has 0 aliphatic rings. The summed E-state index contributed by atoms with van der Waals surface area (Å²) in [6.07, 6.45) is 0.656. The van der Waals surface area contributed by atoms with Crippen LogP contribution in [-0.2, 0) is 14.3 Å². The van der Waals surface area contributed by atoms with Crippen molar-refractivity contribution in [2.45, 2.75) is 6.92 Å². The van der Waals surface area contributed by atoms with Crippen LogP contribution in [0.4, 0.5) is 4.39 Å². The smallest absolute Gasteiger partial charge is 0.379 e. The van der Waals surface area contributed by atoms with E-state index in [1.165, 1.54) is 6.07 Å². The molecule has 0 heterocycles. The zero-order chi connectivity index (χ0) is 13.7. The van der Waals surface area contributed by atoms with Gasteiger partial charge < -0.3 is 9.84 Å². The van der Waals surface area contributed by atoms with Crippen LogP contribution in [0.15, 0.2) is 24.3 Å². The highest BCUT2D eigenvalue weighted by Gasteiger charge is 2.14. The Labute approximate surface area is 108 Å². The Kier molecular flexibility index (Phi) is 4.85. The minimum atomic E-state index is -1.09. The summed E-state index contributed by atoms with van der Waals surface area (Å²) >= 11 is 5.59. The number of aliphatic hydroxyl groups is 1. The van der Waals surface area contributed by atoms with Crippen molar-refractivity contribution in [3.05, 3.63) is 40.7 Å². The monoisotopic (exact) mass is 272 g/mol. The lowest BCUT2D eigenvalue weighted by Gasteiger charge is -2.02. The van der Waals surface area contributed by atoms with E-state index >= 15 is 0 Å². The van der Waals surface area contributed by atoms with Crippen molar-refractivity contribution in [2.75, 3.05) is 6.61 Å². The first kappa shape index (κ1) is 14.2. The molecule has 1 N–H and O–H groups in total. The molecular weight excluding hydrogens is 263 g/mol. The molecule has 0 aliphatic heterocycles. The van der Waals surface area contributed by atoms with Gasteiger partial charge in [0.15, 0.2) is 0 Å². The molecule has 0 fully saturated rings. The minimum absolute atomic E-state index is 0.00218. The Morgan fingerprint density at radius 1 is 1.44 bits per heavy atom. The van der Waals surface area contributed by atoms with E-state index in [1.807, 2.05) is 0 Å². The number of benzene rings is 1. The lowest BCUT2D eigenvalue weighted by atomic mass is 10.1. The third-order valence-corrected chi connectivity index (χ3v) is 2.12. The zero-order valence-electron chi connectivity index (χ0n) is 9.44. The van der Waals surface area contributed by atoms with Crippen molar-refractivity contribution in [1.82, 2.24) is 0 Å². The molecule has 0 radical (unpaired) electrons. The van der Waals surface area contributed by atoms with Gasteiger partial charge in [0.1, 0.15) is 11.6 Å². The van der Waals surface area contributed by atoms with Crippen LogP contribution < -0.4 is 0 Å². The number of hydrogen-bond donors (Lipinski definition) is 1. The topological polar surface area (TPSA) is 63.6 Å². The molecule has 1 rings (SSSR count). The SMILES string of the molecule is CCOC(=O)C(=O)/C=C(/O)c1cc(F)cc(Cl)c1. The van der Waals surface area contributed by atoms with Gasteiger partial charge in [-0.25, -0.2) is 9.18 Å². The van der Waals surface area contributed by atoms with Crippen LogP contribution in [0.25, 0.3) is 5.76 Å². The highest BCUT2D eigenvalue weighted by atomic mass is 35.5. The van der Waals surface area contributed by atoms with E-state index in [1.54, 1.807) is 6.92 Å². The first-order chi connectivity index (χ1) is 8.43. The van der Waals surface area contributed by atoms with E-state index in [4.69, 9.17) is 11.6 Å². The number of ketones is 1.